The summed E-state index contributed by atoms with van der Waals surface area (Å²) in [6.45, 7) is 3.76. The number of rotatable bonds is 4. The van der Waals surface area contributed by atoms with E-state index < -0.39 is 0 Å². The monoisotopic (exact) mass is 478 g/mol. The minimum absolute atomic E-state index is 0.0558. The molecule has 34 heavy (non-hydrogen) atoms. The van der Waals surface area contributed by atoms with Gasteiger partial charge in [0.1, 0.15) is 16.4 Å². The molecule has 1 fully saturated rings. The van der Waals surface area contributed by atoms with E-state index in [1.165, 1.54) is 23.5 Å². The number of fused-ring (bicyclic) bond motifs is 1. The first kappa shape index (κ1) is 22.1. The highest BCUT2D eigenvalue weighted by Gasteiger charge is 2.27. The topological polar surface area (TPSA) is 67.7 Å². The molecule has 1 aliphatic rings. The summed E-state index contributed by atoms with van der Waals surface area (Å²) >= 11 is 1.37. The molecule has 0 spiro atoms. The number of hydrogen-bond donors (Lipinski definition) is 0. The molecule has 1 saturated heterocycles. The molecule has 2 aromatic carbocycles. The van der Waals surface area contributed by atoms with Crippen molar-refractivity contribution in [3.05, 3.63) is 76.5 Å². The van der Waals surface area contributed by atoms with Crippen molar-refractivity contribution in [2.45, 2.75) is 6.92 Å². The highest BCUT2D eigenvalue weighted by Crippen LogP contribution is 2.31. The summed E-state index contributed by atoms with van der Waals surface area (Å²) < 4.78 is 20.3. The molecular formula is C25H23FN4O3S. The number of thiophene rings is 1. The van der Waals surface area contributed by atoms with Crippen molar-refractivity contribution < 1.29 is 18.7 Å². The molecule has 9 heteroatoms. The molecule has 7 nitrogen and oxygen atoms in total. The number of ether oxygens (including phenoxy) is 1. The summed E-state index contributed by atoms with van der Waals surface area (Å²) in [7, 11) is 1.57. The zero-order valence-electron chi connectivity index (χ0n) is 18.8. The number of carbonyl (C=O) groups excluding carboxylic acids is 2. The van der Waals surface area contributed by atoms with Crippen LogP contribution >= 0.6 is 11.3 Å². The number of nitrogens with zero attached hydrogens (tertiary/aromatic N) is 4. The highest BCUT2D eigenvalue weighted by molar-refractivity contribution is 7.20. The van der Waals surface area contributed by atoms with Crippen LogP contribution in [-0.4, -0.2) is 64.7 Å². The van der Waals surface area contributed by atoms with Gasteiger partial charge in [0.25, 0.3) is 11.8 Å². The Kier molecular flexibility index (Phi) is 5.79. The fraction of sp³-hybridized carbons (Fsp3) is 0.240. The van der Waals surface area contributed by atoms with Crippen molar-refractivity contribution >= 4 is 33.4 Å². The van der Waals surface area contributed by atoms with E-state index in [0.29, 0.717) is 42.4 Å². The molecule has 0 N–H and O–H groups in total. The molecular weight excluding hydrogens is 455 g/mol. The van der Waals surface area contributed by atoms with Crippen LogP contribution in [0.5, 0.6) is 5.75 Å². The Labute approximate surface area is 200 Å². The summed E-state index contributed by atoms with van der Waals surface area (Å²) in [5.41, 5.74) is 2.12. The molecule has 0 atom stereocenters. The number of amides is 2. The first-order valence-corrected chi connectivity index (χ1v) is 11.7. The number of benzene rings is 2. The number of carbonyl (C=O) groups is 2. The minimum Gasteiger partial charge on any atom is -0.497 e. The van der Waals surface area contributed by atoms with Gasteiger partial charge in [0.05, 0.1) is 23.4 Å². The van der Waals surface area contributed by atoms with Crippen LogP contribution in [0.2, 0.25) is 0 Å². The molecule has 0 aliphatic carbocycles. The number of hydrogen-bond acceptors (Lipinski definition) is 5. The molecule has 0 saturated carbocycles. The van der Waals surface area contributed by atoms with Gasteiger partial charge < -0.3 is 14.5 Å². The summed E-state index contributed by atoms with van der Waals surface area (Å²) in [6.07, 6.45) is 0. The predicted molar refractivity (Wildman–Crippen MR) is 128 cm³/mol. The lowest BCUT2D eigenvalue weighted by molar-refractivity contribution is 0.0538. The van der Waals surface area contributed by atoms with Gasteiger partial charge in [-0.05, 0) is 55.5 Å². The first-order valence-electron chi connectivity index (χ1n) is 10.9. The van der Waals surface area contributed by atoms with Gasteiger partial charge in [0, 0.05) is 37.1 Å². The molecule has 0 unspecified atom stereocenters. The molecule has 2 amide bonds. The number of halogens is 1. The second kappa shape index (κ2) is 8.90. The average molecular weight is 479 g/mol. The maximum Gasteiger partial charge on any atom is 0.264 e. The fourth-order valence-corrected chi connectivity index (χ4v) is 5.27. The number of aryl methyl sites for hydroxylation is 1. The second-order valence-electron chi connectivity index (χ2n) is 8.12. The van der Waals surface area contributed by atoms with E-state index in [4.69, 9.17) is 4.74 Å². The third kappa shape index (κ3) is 4.03. The van der Waals surface area contributed by atoms with E-state index in [-0.39, 0.29) is 17.6 Å². The normalized spacial score (nSPS) is 14.0. The van der Waals surface area contributed by atoms with E-state index >= 15 is 0 Å². The number of piperazine rings is 1. The van der Waals surface area contributed by atoms with Gasteiger partial charge in [-0.25, -0.2) is 9.07 Å². The Morgan fingerprint density at radius 3 is 2.32 bits per heavy atom. The number of aromatic nitrogens is 2. The smallest absolute Gasteiger partial charge is 0.264 e. The zero-order valence-corrected chi connectivity index (χ0v) is 19.6. The lowest BCUT2D eigenvalue weighted by Gasteiger charge is -2.34. The minimum atomic E-state index is -0.310. The fourth-order valence-electron chi connectivity index (χ4n) is 4.12. The lowest BCUT2D eigenvalue weighted by Crippen LogP contribution is -2.50. The Morgan fingerprint density at radius 1 is 0.971 bits per heavy atom. The van der Waals surface area contributed by atoms with Gasteiger partial charge in [-0.3, -0.25) is 9.59 Å². The highest BCUT2D eigenvalue weighted by atomic mass is 32.1. The van der Waals surface area contributed by atoms with Crippen molar-refractivity contribution in [2.24, 2.45) is 0 Å². The number of methoxy groups -OCH3 is 1. The van der Waals surface area contributed by atoms with Crippen molar-refractivity contribution in [3.8, 4) is 11.4 Å². The van der Waals surface area contributed by atoms with Gasteiger partial charge >= 0.3 is 0 Å². The zero-order chi connectivity index (χ0) is 23.8. The van der Waals surface area contributed by atoms with Gasteiger partial charge in [-0.15, -0.1) is 11.3 Å². The van der Waals surface area contributed by atoms with Crippen LogP contribution in [0.25, 0.3) is 15.9 Å². The van der Waals surface area contributed by atoms with Crippen LogP contribution in [0.4, 0.5) is 4.39 Å². The molecule has 3 heterocycles. The van der Waals surface area contributed by atoms with Crippen molar-refractivity contribution in [1.82, 2.24) is 19.6 Å². The molecule has 2 aromatic heterocycles. The Balaban J connectivity index is 1.31. The third-order valence-electron chi connectivity index (χ3n) is 6.00. The Bertz CT molecular complexity index is 1370. The van der Waals surface area contributed by atoms with Crippen LogP contribution in [0.3, 0.4) is 0 Å². The Morgan fingerprint density at radius 2 is 1.65 bits per heavy atom. The predicted octanol–water partition coefficient (Wildman–Crippen LogP) is 4.14. The summed E-state index contributed by atoms with van der Waals surface area (Å²) in [5.74, 6) is 0.205. The lowest BCUT2D eigenvalue weighted by atomic mass is 10.1. The standard InChI is InChI=1S/C25H23FN4O3S/c1-16-21-15-22(34-25(21)30(27-16)19-8-6-18(26)7-9-19)24(32)29-12-10-28(11-13-29)23(31)17-4-3-5-20(14-17)33-2/h3-9,14-15H,10-13H2,1-2H3. The van der Waals surface area contributed by atoms with E-state index in [2.05, 4.69) is 5.10 Å². The van der Waals surface area contributed by atoms with Crippen LogP contribution in [0, 0.1) is 12.7 Å². The molecule has 174 valence electrons. The third-order valence-corrected chi connectivity index (χ3v) is 7.10. The maximum absolute atomic E-state index is 13.3. The quantitative estimate of drug-likeness (QED) is 0.442. The average Bonchev–Trinajstić information content (AvgIpc) is 3.44. The molecule has 4 aromatic rings. The van der Waals surface area contributed by atoms with Crippen molar-refractivity contribution in [1.29, 1.82) is 0 Å². The van der Waals surface area contributed by atoms with E-state index in [0.717, 1.165) is 21.6 Å². The molecule has 0 bridgehead atoms. The van der Waals surface area contributed by atoms with Crippen LogP contribution in [0.1, 0.15) is 25.7 Å². The van der Waals surface area contributed by atoms with Gasteiger partial charge in [-0.1, -0.05) is 6.07 Å². The Hall–Kier alpha value is -3.72. The van der Waals surface area contributed by atoms with Gasteiger partial charge in [0.15, 0.2) is 0 Å². The van der Waals surface area contributed by atoms with Crippen molar-refractivity contribution in [3.63, 3.8) is 0 Å². The van der Waals surface area contributed by atoms with Crippen LogP contribution in [0.15, 0.2) is 54.6 Å². The van der Waals surface area contributed by atoms with Gasteiger partial charge in [-0.2, -0.15) is 5.10 Å². The molecule has 1 aliphatic heterocycles. The van der Waals surface area contributed by atoms with E-state index in [9.17, 15) is 14.0 Å². The van der Waals surface area contributed by atoms with E-state index in [1.54, 1.807) is 58.0 Å². The summed E-state index contributed by atoms with van der Waals surface area (Å²) in [6, 6.07) is 15.1. The second-order valence-corrected chi connectivity index (χ2v) is 9.15. The van der Waals surface area contributed by atoms with Crippen LogP contribution in [-0.2, 0) is 0 Å². The molecule has 5 rings (SSSR count). The first-order chi connectivity index (χ1) is 16.4. The molecule has 0 radical (unpaired) electrons. The van der Waals surface area contributed by atoms with Crippen LogP contribution < -0.4 is 4.74 Å². The summed E-state index contributed by atoms with van der Waals surface area (Å²) in [4.78, 5) is 31.1. The largest absolute Gasteiger partial charge is 0.497 e. The SMILES string of the molecule is COc1cccc(C(=O)N2CCN(C(=O)c3cc4c(C)nn(-c5ccc(F)cc5)c4s3)CC2)c1. The van der Waals surface area contributed by atoms with Crippen molar-refractivity contribution in [2.75, 3.05) is 33.3 Å². The summed E-state index contributed by atoms with van der Waals surface area (Å²) in [5, 5.41) is 5.47. The maximum atomic E-state index is 13.3. The van der Waals surface area contributed by atoms with E-state index in [1.807, 2.05) is 13.0 Å². The van der Waals surface area contributed by atoms with Gasteiger partial charge in [0.2, 0.25) is 0 Å².